The zero-order valence-electron chi connectivity index (χ0n) is 15.6. The highest BCUT2D eigenvalue weighted by Crippen LogP contribution is 2.26. The second kappa shape index (κ2) is 9.06. The minimum absolute atomic E-state index is 0.0640. The lowest BCUT2D eigenvalue weighted by Crippen LogP contribution is -2.49. The number of carbonyl (C=O) groups excluding carboxylic acids is 2. The van der Waals surface area contributed by atoms with Crippen LogP contribution in [0, 0.1) is 11.8 Å². The SMILES string of the molecule is NC(=O)N1CCC[C@H](C(=O)N2CCC(CCCc3ccccc3)CC2)C1. The van der Waals surface area contributed by atoms with Crippen molar-refractivity contribution in [3.8, 4) is 0 Å². The highest BCUT2D eigenvalue weighted by molar-refractivity contribution is 5.80. The number of hydrogen-bond donors (Lipinski definition) is 1. The van der Waals surface area contributed by atoms with Gasteiger partial charge in [-0.05, 0) is 56.4 Å². The molecule has 0 aliphatic carbocycles. The minimum atomic E-state index is -0.403. The van der Waals surface area contributed by atoms with Gasteiger partial charge < -0.3 is 15.5 Å². The summed E-state index contributed by atoms with van der Waals surface area (Å²) in [6.07, 6.45) is 7.56. The van der Waals surface area contributed by atoms with E-state index in [-0.39, 0.29) is 11.8 Å². The first-order valence-electron chi connectivity index (χ1n) is 10.0. The van der Waals surface area contributed by atoms with E-state index in [1.54, 1.807) is 4.90 Å². The molecule has 142 valence electrons. The molecule has 0 bridgehead atoms. The number of benzene rings is 1. The van der Waals surface area contributed by atoms with E-state index in [9.17, 15) is 9.59 Å². The summed E-state index contributed by atoms with van der Waals surface area (Å²) >= 11 is 0. The lowest BCUT2D eigenvalue weighted by atomic mass is 9.89. The molecular weight excluding hydrogens is 326 g/mol. The van der Waals surface area contributed by atoms with E-state index >= 15 is 0 Å². The number of aryl methyl sites for hydroxylation is 1. The smallest absolute Gasteiger partial charge is 0.314 e. The van der Waals surface area contributed by atoms with E-state index in [2.05, 4.69) is 30.3 Å². The van der Waals surface area contributed by atoms with Crippen molar-refractivity contribution in [2.45, 2.75) is 44.9 Å². The zero-order valence-corrected chi connectivity index (χ0v) is 15.6. The quantitative estimate of drug-likeness (QED) is 0.880. The third-order valence-electron chi connectivity index (χ3n) is 5.93. The molecule has 0 radical (unpaired) electrons. The van der Waals surface area contributed by atoms with Crippen LogP contribution in [0.15, 0.2) is 30.3 Å². The summed E-state index contributed by atoms with van der Waals surface area (Å²) in [5.41, 5.74) is 6.79. The highest BCUT2D eigenvalue weighted by atomic mass is 16.2. The van der Waals surface area contributed by atoms with Gasteiger partial charge in [0, 0.05) is 26.2 Å². The Labute approximate surface area is 156 Å². The minimum Gasteiger partial charge on any atom is -0.351 e. The number of nitrogens with two attached hydrogens (primary N) is 1. The molecule has 0 spiro atoms. The first-order valence-corrected chi connectivity index (χ1v) is 10.0. The standard InChI is InChI=1S/C21H31N3O2/c22-21(26)24-13-5-10-19(16-24)20(25)23-14-11-18(12-15-23)9-4-8-17-6-2-1-3-7-17/h1-3,6-7,18-19H,4-5,8-16H2,(H2,22,26)/t19-/m0/s1. The number of piperidine rings is 2. The predicted molar refractivity (Wildman–Crippen MR) is 103 cm³/mol. The molecule has 26 heavy (non-hydrogen) atoms. The van der Waals surface area contributed by atoms with Crippen LogP contribution in [0.3, 0.4) is 0 Å². The van der Waals surface area contributed by atoms with Gasteiger partial charge in [-0.25, -0.2) is 4.79 Å². The summed E-state index contributed by atoms with van der Waals surface area (Å²) in [5, 5.41) is 0. The van der Waals surface area contributed by atoms with E-state index in [1.807, 2.05) is 4.90 Å². The number of hydrogen-bond acceptors (Lipinski definition) is 2. The van der Waals surface area contributed by atoms with Crippen LogP contribution in [0.1, 0.15) is 44.1 Å². The first-order chi connectivity index (χ1) is 12.6. The Kier molecular flexibility index (Phi) is 6.53. The molecule has 2 heterocycles. The topological polar surface area (TPSA) is 66.6 Å². The number of primary amides is 1. The summed E-state index contributed by atoms with van der Waals surface area (Å²) in [5.74, 6) is 0.890. The van der Waals surface area contributed by atoms with Gasteiger partial charge in [0.1, 0.15) is 0 Å². The van der Waals surface area contributed by atoms with Gasteiger partial charge in [0.05, 0.1) is 5.92 Å². The maximum absolute atomic E-state index is 12.8. The van der Waals surface area contributed by atoms with Crippen LogP contribution in [0.4, 0.5) is 4.79 Å². The Bertz CT molecular complexity index is 597. The van der Waals surface area contributed by atoms with E-state index in [0.29, 0.717) is 13.1 Å². The van der Waals surface area contributed by atoms with Gasteiger partial charge in [0.25, 0.3) is 0 Å². The van der Waals surface area contributed by atoms with E-state index in [1.165, 1.54) is 18.4 Å². The van der Waals surface area contributed by atoms with Crippen LogP contribution in [0.25, 0.3) is 0 Å². The molecule has 2 aliphatic heterocycles. The number of likely N-dealkylation sites (tertiary alicyclic amines) is 2. The van der Waals surface area contributed by atoms with E-state index < -0.39 is 6.03 Å². The fourth-order valence-electron chi connectivity index (χ4n) is 4.32. The Morgan fingerprint density at radius 1 is 1.00 bits per heavy atom. The van der Waals surface area contributed by atoms with Crippen molar-refractivity contribution in [2.75, 3.05) is 26.2 Å². The lowest BCUT2D eigenvalue weighted by molar-refractivity contribution is -0.138. The molecule has 2 aliphatic rings. The van der Waals surface area contributed by atoms with Gasteiger partial charge in [-0.15, -0.1) is 0 Å². The summed E-state index contributed by atoms with van der Waals surface area (Å²) < 4.78 is 0. The molecule has 0 unspecified atom stereocenters. The van der Waals surface area contributed by atoms with Crippen molar-refractivity contribution in [3.05, 3.63) is 35.9 Å². The normalized spacial score (nSPS) is 21.6. The molecule has 1 aromatic rings. The molecule has 0 aromatic heterocycles. The largest absolute Gasteiger partial charge is 0.351 e. The van der Waals surface area contributed by atoms with Crippen molar-refractivity contribution in [1.82, 2.24) is 9.80 Å². The van der Waals surface area contributed by atoms with Gasteiger partial charge in [0.2, 0.25) is 5.91 Å². The molecule has 2 fully saturated rings. The molecule has 1 atom stereocenters. The average molecular weight is 357 g/mol. The van der Waals surface area contributed by atoms with Crippen molar-refractivity contribution in [2.24, 2.45) is 17.6 Å². The van der Waals surface area contributed by atoms with Crippen LogP contribution < -0.4 is 5.73 Å². The Balaban J connectivity index is 1.39. The zero-order chi connectivity index (χ0) is 18.4. The van der Waals surface area contributed by atoms with Crippen molar-refractivity contribution in [3.63, 3.8) is 0 Å². The molecule has 5 heteroatoms. The lowest BCUT2D eigenvalue weighted by Gasteiger charge is -2.37. The number of nitrogens with zero attached hydrogens (tertiary/aromatic N) is 2. The number of amides is 3. The molecule has 0 saturated carbocycles. The predicted octanol–water partition coefficient (Wildman–Crippen LogP) is 3.04. The molecule has 2 saturated heterocycles. The summed E-state index contributed by atoms with van der Waals surface area (Å²) in [7, 11) is 0. The van der Waals surface area contributed by atoms with Gasteiger partial charge in [-0.2, -0.15) is 0 Å². The monoisotopic (exact) mass is 357 g/mol. The highest BCUT2D eigenvalue weighted by Gasteiger charge is 2.32. The molecule has 1 aromatic carbocycles. The van der Waals surface area contributed by atoms with Crippen LogP contribution in [0.5, 0.6) is 0 Å². The van der Waals surface area contributed by atoms with Gasteiger partial charge in [0.15, 0.2) is 0 Å². The van der Waals surface area contributed by atoms with Crippen molar-refractivity contribution in [1.29, 1.82) is 0 Å². The summed E-state index contributed by atoms with van der Waals surface area (Å²) in [4.78, 5) is 27.8. The summed E-state index contributed by atoms with van der Waals surface area (Å²) in [6, 6.07) is 10.3. The number of urea groups is 1. The van der Waals surface area contributed by atoms with Gasteiger partial charge >= 0.3 is 6.03 Å². The first kappa shape index (κ1) is 18.7. The maximum Gasteiger partial charge on any atom is 0.314 e. The molecular formula is C21H31N3O2. The van der Waals surface area contributed by atoms with E-state index in [0.717, 1.165) is 51.1 Å². The van der Waals surface area contributed by atoms with Crippen LogP contribution in [0.2, 0.25) is 0 Å². The molecule has 3 rings (SSSR count). The van der Waals surface area contributed by atoms with Crippen molar-refractivity contribution >= 4 is 11.9 Å². The Hall–Kier alpha value is -2.04. The van der Waals surface area contributed by atoms with Crippen molar-refractivity contribution < 1.29 is 9.59 Å². The fourth-order valence-corrected chi connectivity index (χ4v) is 4.32. The Morgan fingerprint density at radius 2 is 1.73 bits per heavy atom. The van der Waals surface area contributed by atoms with Gasteiger partial charge in [-0.1, -0.05) is 30.3 Å². The second-order valence-corrected chi connectivity index (χ2v) is 7.77. The fraction of sp³-hybridized carbons (Fsp3) is 0.619. The number of rotatable bonds is 5. The average Bonchev–Trinajstić information content (AvgIpc) is 2.69. The molecule has 5 nitrogen and oxygen atoms in total. The van der Waals surface area contributed by atoms with Crippen LogP contribution in [-0.2, 0) is 11.2 Å². The molecule has 3 amide bonds. The van der Waals surface area contributed by atoms with Crippen LogP contribution in [-0.4, -0.2) is 47.9 Å². The second-order valence-electron chi connectivity index (χ2n) is 7.77. The van der Waals surface area contributed by atoms with Crippen LogP contribution >= 0.6 is 0 Å². The summed E-state index contributed by atoms with van der Waals surface area (Å²) in [6.45, 7) is 2.90. The number of carbonyl (C=O) groups is 2. The third kappa shape index (κ3) is 4.99. The maximum atomic E-state index is 12.8. The van der Waals surface area contributed by atoms with Gasteiger partial charge in [-0.3, -0.25) is 4.79 Å². The molecule has 2 N–H and O–H groups in total. The third-order valence-corrected chi connectivity index (χ3v) is 5.93. The Morgan fingerprint density at radius 3 is 2.42 bits per heavy atom. The van der Waals surface area contributed by atoms with E-state index in [4.69, 9.17) is 5.73 Å².